The van der Waals surface area contributed by atoms with Crippen molar-refractivity contribution in [2.24, 2.45) is 0 Å². The maximum absolute atomic E-state index is 12.7. The van der Waals surface area contributed by atoms with Crippen molar-refractivity contribution in [1.29, 1.82) is 0 Å². The Kier molecular flexibility index (Phi) is 4.35. The Bertz CT molecular complexity index is 919. The van der Waals surface area contributed by atoms with Gasteiger partial charge in [0.1, 0.15) is 11.4 Å². The van der Waals surface area contributed by atoms with Crippen LogP contribution in [0.4, 0.5) is 13.2 Å². The lowest BCUT2D eigenvalue weighted by Crippen LogP contribution is -2.22. The highest BCUT2D eigenvalue weighted by molar-refractivity contribution is 5.94. The molecule has 0 radical (unpaired) electrons. The standard InChI is InChI=1S/C17H14F3N3O2/c1-25-14-4-2-3-11(7-14)16(24)21-8-13-10-23-9-12(17(18,19)20)5-6-15(23)22-13/h2-7,9-10H,8H2,1H3,(H,21,24). The van der Waals surface area contributed by atoms with Gasteiger partial charge in [0.2, 0.25) is 0 Å². The number of fused-ring (bicyclic) bond motifs is 1. The number of hydrogen-bond donors (Lipinski definition) is 1. The fourth-order valence-corrected chi connectivity index (χ4v) is 2.33. The highest BCUT2D eigenvalue weighted by Gasteiger charge is 2.30. The van der Waals surface area contributed by atoms with E-state index in [2.05, 4.69) is 10.3 Å². The number of benzene rings is 1. The van der Waals surface area contributed by atoms with Gasteiger partial charge in [0.15, 0.2) is 0 Å². The smallest absolute Gasteiger partial charge is 0.417 e. The van der Waals surface area contributed by atoms with E-state index in [1.807, 2.05) is 0 Å². The highest BCUT2D eigenvalue weighted by atomic mass is 19.4. The maximum Gasteiger partial charge on any atom is 0.417 e. The molecule has 0 saturated heterocycles. The van der Waals surface area contributed by atoms with Gasteiger partial charge in [-0.15, -0.1) is 0 Å². The average Bonchev–Trinajstić information content (AvgIpc) is 3.01. The number of amides is 1. The van der Waals surface area contributed by atoms with Crippen LogP contribution >= 0.6 is 0 Å². The van der Waals surface area contributed by atoms with Crippen molar-refractivity contribution < 1.29 is 22.7 Å². The molecule has 0 atom stereocenters. The number of carbonyl (C=O) groups is 1. The third kappa shape index (κ3) is 3.73. The normalized spacial score (nSPS) is 11.5. The number of nitrogens with one attached hydrogen (secondary N) is 1. The number of aromatic nitrogens is 2. The average molecular weight is 349 g/mol. The van der Waals surface area contributed by atoms with Crippen molar-refractivity contribution in [3.05, 3.63) is 65.6 Å². The van der Waals surface area contributed by atoms with Gasteiger partial charge in [-0.1, -0.05) is 6.07 Å². The molecule has 8 heteroatoms. The molecule has 2 heterocycles. The number of imidazole rings is 1. The number of pyridine rings is 1. The molecule has 5 nitrogen and oxygen atoms in total. The summed E-state index contributed by atoms with van der Waals surface area (Å²) in [5, 5.41) is 2.68. The number of ether oxygens (including phenoxy) is 1. The van der Waals surface area contributed by atoms with Crippen molar-refractivity contribution in [3.63, 3.8) is 0 Å². The van der Waals surface area contributed by atoms with E-state index in [9.17, 15) is 18.0 Å². The van der Waals surface area contributed by atoms with Crippen LogP contribution in [-0.2, 0) is 12.7 Å². The second-order valence-electron chi connectivity index (χ2n) is 5.33. The van der Waals surface area contributed by atoms with E-state index in [1.165, 1.54) is 23.8 Å². The summed E-state index contributed by atoms with van der Waals surface area (Å²) in [5.74, 6) is 0.229. The van der Waals surface area contributed by atoms with Crippen molar-refractivity contribution in [3.8, 4) is 5.75 Å². The van der Waals surface area contributed by atoms with Crippen molar-refractivity contribution in [2.75, 3.05) is 7.11 Å². The molecule has 1 aromatic carbocycles. The zero-order valence-corrected chi connectivity index (χ0v) is 13.2. The molecule has 3 aromatic rings. The Balaban J connectivity index is 1.73. The summed E-state index contributed by atoms with van der Waals surface area (Å²) < 4.78 is 44.5. The molecule has 25 heavy (non-hydrogen) atoms. The number of halogens is 3. The quantitative estimate of drug-likeness (QED) is 0.786. The largest absolute Gasteiger partial charge is 0.497 e. The van der Waals surface area contributed by atoms with Gasteiger partial charge in [-0.3, -0.25) is 4.79 Å². The number of carbonyl (C=O) groups excluding carboxylic acids is 1. The molecular formula is C17H14F3N3O2. The van der Waals surface area contributed by atoms with Gasteiger partial charge in [0, 0.05) is 18.0 Å². The third-order valence-corrected chi connectivity index (χ3v) is 3.59. The predicted molar refractivity (Wildman–Crippen MR) is 84.4 cm³/mol. The molecule has 130 valence electrons. The first kappa shape index (κ1) is 16.8. The number of nitrogens with zero attached hydrogens (tertiary/aromatic N) is 2. The summed E-state index contributed by atoms with van der Waals surface area (Å²) in [5.41, 5.74) is 0.487. The van der Waals surface area contributed by atoms with Gasteiger partial charge in [-0.2, -0.15) is 13.2 Å². The van der Waals surface area contributed by atoms with Crippen molar-refractivity contribution >= 4 is 11.6 Å². The van der Waals surface area contributed by atoms with Crippen LogP contribution in [0.1, 0.15) is 21.6 Å². The first-order valence-electron chi connectivity index (χ1n) is 7.34. The molecule has 0 spiro atoms. The van der Waals surface area contributed by atoms with Crippen molar-refractivity contribution in [2.45, 2.75) is 12.7 Å². The Morgan fingerprint density at radius 1 is 1.24 bits per heavy atom. The van der Waals surface area contributed by atoms with Gasteiger partial charge in [-0.05, 0) is 30.3 Å². The van der Waals surface area contributed by atoms with E-state index in [-0.39, 0.29) is 12.5 Å². The van der Waals surface area contributed by atoms with E-state index in [0.717, 1.165) is 12.3 Å². The van der Waals surface area contributed by atoms with Crippen LogP contribution in [-0.4, -0.2) is 22.4 Å². The molecule has 3 rings (SSSR count). The fourth-order valence-electron chi connectivity index (χ4n) is 2.33. The van der Waals surface area contributed by atoms with Crippen LogP contribution in [0.15, 0.2) is 48.8 Å². The van der Waals surface area contributed by atoms with E-state index in [0.29, 0.717) is 22.7 Å². The molecule has 0 saturated carbocycles. The Morgan fingerprint density at radius 2 is 2.04 bits per heavy atom. The Labute approximate surface area is 141 Å². The van der Waals surface area contributed by atoms with E-state index >= 15 is 0 Å². The van der Waals surface area contributed by atoms with Gasteiger partial charge < -0.3 is 14.5 Å². The monoisotopic (exact) mass is 349 g/mol. The summed E-state index contributed by atoms with van der Waals surface area (Å²) in [6.07, 6.45) is -1.99. The van der Waals surface area contributed by atoms with Crippen LogP contribution in [0.5, 0.6) is 5.75 Å². The topological polar surface area (TPSA) is 55.6 Å². The van der Waals surface area contributed by atoms with E-state index in [4.69, 9.17) is 4.74 Å². The molecule has 0 aliphatic rings. The minimum atomic E-state index is -4.42. The third-order valence-electron chi connectivity index (χ3n) is 3.59. The predicted octanol–water partition coefficient (Wildman–Crippen LogP) is 3.29. The molecule has 0 fully saturated rings. The van der Waals surface area contributed by atoms with Crippen LogP contribution in [0.3, 0.4) is 0 Å². The maximum atomic E-state index is 12.7. The lowest BCUT2D eigenvalue weighted by molar-refractivity contribution is -0.137. The highest BCUT2D eigenvalue weighted by Crippen LogP contribution is 2.29. The summed E-state index contributed by atoms with van der Waals surface area (Å²) in [6.45, 7) is 0.0963. The Hall–Kier alpha value is -3.03. The number of hydrogen-bond acceptors (Lipinski definition) is 3. The van der Waals surface area contributed by atoms with Crippen LogP contribution in [0.2, 0.25) is 0 Å². The van der Waals surface area contributed by atoms with Crippen LogP contribution in [0, 0.1) is 0 Å². The zero-order chi connectivity index (χ0) is 18.0. The molecule has 1 amide bonds. The van der Waals surface area contributed by atoms with Crippen LogP contribution in [0.25, 0.3) is 5.65 Å². The molecular weight excluding hydrogens is 335 g/mol. The molecule has 0 bridgehead atoms. The first-order valence-corrected chi connectivity index (χ1v) is 7.34. The van der Waals surface area contributed by atoms with Gasteiger partial charge in [0.25, 0.3) is 5.91 Å². The summed E-state index contributed by atoms with van der Waals surface area (Å²) in [6, 6.07) is 8.90. The van der Waals surface area contributed by atoms with Crippen LogP contribution < -0.4 is 10.1 Å². The minimum Gasteiger partial charge on any atom is -0.497 e. The minimum absolute atomic E-state index is 0.0963. The van der Waals surface area contributed by atoms with E-state index < -0.39 is 11.7 Å². The van der Waals surface area contributed by atoms with Gasteiger partial charge in [0.05, 0.1) is 24.9 Å². The molecule has 0 aliphatic carbocycles. The fraction of sp³-hybridized carbons (Fsp3) is 0.176. The molecule has 0 aliphatic heterocycles. The summed E-state index contributed by atoms with van der Waals surface area (Å²) >= 11 is 0. The number of methoxy groups -OCH3 is 1. The molecule has 1 N–H and O–H groups in total. The second kappa shape index (κ2) is 6.46. The number of rotatable bonds is 4. The number of alkyl halides is 3. The summed E-state index contributed by atoms with van der Waals surface area (Å²) in [7, 11) is 1.50. The Morgan fingerprint density at radius 3 is 2.76 bits per heavy atom. The van der Waals surface area contributed by atoms with Gasteiger partial charge >= 0.3 is 6.18 Å². The lowest BCUT2D eigenvalue weighted by Gasteiger charge is -2.06. The second-order valence-corrected chi connectivity index (χ2v) is 5.33. The first-order chi connectivity index (χ1) is 11.9. The van der Waals surface area contributed by atoms with Gasteiger partial charge in [-0.25, -0.2) is 4.98 Å². The molecule has 0 unspecified atom stereocenters. The summed E-state index contributed by atoms with van der Waals surface area (Å²) in [4.78, 5) is 16.3. The zero-order valence-electron chi connectivity index (χ0n) is 13.2. The van der Waals surface area contributed by atoms with Crippen molar-refractivity contribution in [1.82, 2.24) is 14.7 Å². The lowest BCUT2D eigenvalue weighted by atomic mass is 10.2. The molecule has 2 aromatic heterocycles. The van der Waals surface area contributed by atoms with E-state index in [1.54, 1.807) is 24.3 Å². The SMILES string of the molecule is COc1cccc(C(=O)NCc2cn3cc(C(F)(F)F)ccc3n2)c1.